The minimum Gasteiger partial charge on any atom is -0.486 e. The first-order valence-corrected chi connectivity index (χ1v) is 7.36. The van der Waals surface area contributed by atoms with Crippen molar-refractivity contribution in [3.8, 4) is 5.75 Å². The Bertz CT molecular complexity index is 531. The van der Waals surface area contributed by atoms with Crippen LogP contribution in [0, 0.1) is 10.5 Å². The van der Waals surface area contributed by atoms with Crippen LogP contribution in [0.2, 0.25) is 0 Å². The van der Waals surface area contributed by atoms with Gasteiger partial charge in [0.2, 0.25) is 0 Å². The number of nitrogen functional groups attached to an aromatic ring is 1. The Morgan fingerprint density at radius 2 is 1.89 bits per heavy atom. The van der Waals surface area contributed by atoms with Gasteiger partial charge in [0.1, 0.15) is 12.4 Å². The number of hydrogen-bond acceptors (Lipinski definition) is 2. The number of anilines is 1. The van der Waals surface area contributed by atoms with Gasteiger partial charge in [0, 0.05) is 8.04 Å². The van der Waals surface area contributed by atoms with E-state index < -0.39 is 0 Å². The molecule has 18 heavy (non-hydrogen) atoms. The SMILES string of the molecule is Cc1cc(Br)cc(N)c1OCc1ccc(I)cc1. The van der Waals surface area contributed by atoms with Crippen LogP contribution < -0.4 is 10.5 Å². The number of hydrogen-bond donors (Lipinski definition) is 1. The minimum absolute atomic E-state index is 0.531. The molecule has 2 rings (SSSR count). The molecule has 0 aliphatic carbocycles. The second-order valence-corrected chi connectivity index (χ2v) is 6.22. The monoisotopic (exact) mass is 417 g/mol. The van der Waals surface area contributed by atoms with E-state index in [4.69, 9.17) is 10.5 Å². The van der Waals surface area contributed by atoms with Crippen LogP contribution in [0.25, 0.3) is 0 Å². The van der Waals surface area contributed by atoms with E-state index in [1.165, 1.54) is 3.57 Å². The van der Waals surface area contributed by atoms with Crippen LogP contribution in [-0.4, -0.2) is 0 Å². The fourth-order valence-corrected chi connectivity index (χ4v) is 2.64. The van der Waals surface area contributed by atoms with Crippen molar-refractivity contribution in [1.29, 1.82) is 0 Å². The first-order chi connectivity index (χ1) is 8.56. The predicted molar refractivity (Wildman–Crippen MR) is 86.8 cm³/mol. The second kappa shape index (κ2) is 5.93. The van der Waals surface area contributed by atoms with E-state index in [0.717, 1.165) is 21.3 Å². The predicted octanol–water partition coefficient (Wildman–Crippen LogP) is 4.52. The number of halogens is 2. The standard InChI is InChI=1S/C14H13BrINO/c1-9-6-11(15)7-13(17)14(9)18-8-10-2-4-12(16)5-3-10/h2-7H,8,17H2,1H3. The van der Waals surface area contributed by atoms with Gasteiger partial charge in [0.25, 0.3) is 0 Å². The van der Waals surface area contributed by atoms with Crippen LogP contribution in [-0.2, 0) is 6.61 Å². The van der Waals surface area contributed by atoms with Crippen molar-refractivity contribution in [3.05, 3.63) is 55.6 Å². The zero-order valence-corrected chi connectivity index (χ0v) is 13.7. The van der Waals surface area contributed by atoms with E-state index in [9.17, 15) is 0 Å². The Balaban J connectivity index is 2.13. The number of rotatable bonds is 3. The topological polar surface area (TPSA) is 35.2 Å². The van der Waals surface area contributed by atoms with Gasteiger partial charge in [-0.2, -0.15) is 0 Å². The number of benzene rings is 2. The van der Waals surface area contributed by atoms with Gasteiger partial charge in [0.05, 0.1) is 5.69 Å². The van der Waals surface area contributed by atoms with Gasteiger partial charge in [-0.15, -0.1) is 0 Å². The summed E-state index contributed by atoms with van der Waals surface area (Å²) in [5.41, 5.74) is 8.78. The van der Waals surface area contributed by atoms with Gasteiger partial charge >= 0.3 is 0 Å². The highest BCUT2D eigenvalue weighted by molar-refractivity contribution is 14.1. The first kappa shape index (κ1) is 13.7. The molecule has 2 nitrogen and oxygen atoms in total. The molecule has 0 unspecified atom stereocenters. The fraction of sp³-hybridized carbons (Fsp3) is 0.143. The maximum Gasteiger partial charge on any atom is 0.145 e. The van der Waals surface area contributed by atoms with Crippen LogP contribution in [0.3, 0.4) is 0 Å². The Morgan fingerprint density at radius 1 is 1.22 bits per heavy atom. The molecule has 2 aromatic rings. The minimum atomic E-state index is 0.531. The Hall–Kier alpha value is -0.750. The Labute approximate surface area is 129 Å². The summed E-state index contributed by atoms with van der Waals surface area (Å²) in [7, 11) is 0. The highest BCUT2D eigenvalue weighted by atomic mass is 127. The molecular formula is C14H13BrINO. The number of nitrogens with two attached hydrogens (primary N) is 1. The highest BCUT2D eigenvalue weighted by Crippen LogP contribution is 2.30. The third-order valence-electron chi connectivity index (χ3n) is 2.56. The molecule has 2 aromatic carbocycles. The summed E-state index contributed by atoms with van der Waals surface area (Å²) >= 11 is 5.70. The van der Waals surface area contributed by atoms with Crippen molar-refractivity contribution in [2.75, 3.05) is 5.73 Å². The van der Waals surface area contributed by atoms with E-state index in [0.29, 0.717) is 12.3 Å². The summed E-state index contributed by atoms with van der Waals surface area (Å²) < 4.78 is 7.99. The lowest BCUT2D eigenvalue weighted by atomic mass is 10.2. The normalized spacial score (nSPS) is 10.4. The molecule has 0 aliphatic heterocycles. The molecule has 0 aromatic heterocycles. The lowest BCUT2D eigenvalue weighted by molar-refractivity contribution is 0.306. The average Bonchev–Trinajstić information content (AvgIpc) is 2.30. The first-order valence-electron chi connectivity index (χ1n) is 5.49. The van der Waals surface area contributed by atoms with Gasteiger partial charge in [-0.25, -0.2) is 0 Å². The van der Waals surface area contributed by atoms with Crippen LogP contribution in [0.1, 0.15) is 11.1 Å². The highest BCUT2D eigenvalue weighted by Gasteiger charge is 2.06. The summed E-state index contributed by atoms with van der Waals surface area (Å²) in [5, 5.41) is 0. The lowest BCUT2D eigenvalue weighted by Crippen LogP contribution is -2.00. The largest absolute Gasteiger partial charge is 0.486 e. The fourth-order valence-electron chi connectivity index (χ4n) is 1.69. The van der Waals surface area contributed by atoms with E-state index in [-0.39, 0.29) is 0 Å². The smallest absolute Gasteiger partial charge is 0.145 e. The maximum absolute atomic E-state index is 5.95. The van der Waals surface area contributed by atoms with Crippen LogP contribution in [0.15, 0.2) is 40.9 Å². The van der Waals surface area contributed by atoms with Gasteiger partial charge in [-0.3, -0.25) is 0 Å². The van der Waals surface area contributed by atoms with Crippen LogP contribution in [0.4, 0.5) is 5.69 Å². The van der Waals surface area contributed by atoms with Crippen molar-refractivity contribution >= 4 is 44.2 Å². The molecular weight excluding hydrogens is 405 g/mol. The quantitative estimate of drug-likeness (QED) is 0.588. The molecule has 0 fully saturated rings. The third-order valence-corrected chi connectivity index (χ3v) is 3.74. The molecule has 0 saturated heterocycles. The molecule has 0 spiro atoms. The second-order valence-electron chi connectivity index (χ2n) is 4.06. The van der Waals surface area contributed by atoms with Gasteiger partial charge in [-0.1, -0.05) is 28.1 Å². The van der Waals surface area contributed by atoms with Crippen molar-refractivity contribution in [2.45, 2.75) is 13.5 Å². The van der Waals surface area contributed by atoms with E-state index in [1.807, 2.05) is 19.1 Å². The lowest BCUT2D eigenvalue weighted by Gasteiger charge is -2.12. The Morgan fingerprint density at radius 3 is 2.50 bits per heavy atom. The van der Waals surface area contributed by atoms with Crippen LogP contribution >= 0.6 is 38.5 Å². The summed E-state index contributed by atoms with van der Waals surface area (Å²) in [6.07, 6.45) is 0. The van der Waals surface area contributed by atoms with Gasteiger partial charge in [-0.05, 0) is 64.9 Å². The summed E-state index contributed by atoms with van der Waals surface area (Å²) in [4.78, 5) is 0. The van der Waals surface area contributed by atoms with Crippen molar-refractivity contribution in [1.82, 2.24) is 0 Å². The third kappa shape index (κ3) is 3.38. The molecule has 0 aliphatic rings. The molecule has 0 bridgehead atoms. The molecule has 0 atom stereocenters. The molecule has 0 amide bonds. The van der Waals surface area contributed by atoms with Gasteiger partial charge < -0.3 is 10.5 Å². The van der Waals surface area contributed by atoms with E-state index in [2.05, 4.69) is 62.8 Å². The summed E-state index contributed by atoms with van der Waals surface area (Å²) in [6.45, 7) is 2.52. The summed E-state index contributed by atoms with van der Waals surface area (Å²) in [5.74, 6) is 0.761. The Kier molecular flexibility index (Phi) is 4.50. The molecule has 0 radical (unpaired) electrons. The van der Waals surface area contributed by atoms with Crippen molar-refractivity contribution < 1.29 is 4.74 Å². The molecule has 94 valence electrons. The summed E-state index contributed by atoms with van der Waals surface area (Å²) in [6, 6.07) is 12.1. The molecule has 2 N–H and O–H groups in total. The number of ether oxygens (including phenoxy) is 1. The van der Waals surface area contributed by atoms with E-state index >= 15 is 0 Å². The van der Waals surface area contributed by atoms with Crippen molar-refractivity contribution in [3.63, 3.8) is 0 Å². The average molecular weight is 418 g/mol. The molecule has 0 heterocycles. The zero-order valence-electron chi connectivity index (χ0n) is 9.91. The zero-order chi connectivity index (χ0) is 13.1. The molecule has 0 saturated carbocycles. The molecule has 4 heteroatoms. The van der Waals surface area contributed by atoms with Gasteiger partial charge in [0.15, 0.2) is 0 Å². The van der Waals surface area contributed by atoms with E-state index in [1.54, 1.807) is 0 Å². The number of aryl methyl sites for hydroxylation is 1. The van der Waals surface area contributed by atoms with Crippen molar-refractivity contribution in [2.24, 2.45) is 0 Å². The van der Waals surface area contributed by atoms with Crippen LogP contribution in [0.5, 0.6) is 5.75 Å². The maximum atomic E-state index is 5.95.